The Bertz CT molecular complexity index is 895. The van der Waals surface area contributed by atoms with Gasteiger partial charge in [-0.2, -0.15) is 17.5 Å². The van der Waals surface area contributed by atoms with Gasteiger partial charge in [-0.05, 0) is 29.8 Å². The van der Waals surface area contributed by atoms with Crippen molar-refractivity contribution in [2.24, 2.45) is 0 Å². The van der Waals surface area contributed by atoms with Crippen LogP contribution in [-0.2, 0) is 27.5 Å². The second-order valence-electron chi connectivity index (χ2n) is 6.05. The summed E-state index contributed by atoms with van der Waals surface area (Å²) in [6.07, 6.45) is -4.44. The Morgan fingerprint density at radius 2 is 1.74 bits per heavy atom. The zero-order valence-corrected chi connectivity index (χ0v) is 15.2. The van der Waals surface area contributed by atoms with E-state index >= 15 is 0 Å². The Morgan fingerprint density at radius 3 is 2.44 bits per heavy atom. The number of hydrogen-bond donors (Lipinski definition) is 1. The predicted molar refractivity (Wildman–Crippen MR) is 94.8 cm³/mol. The molecule has 2 aromatic carbocycles. The molecule has 0 radical (unpaired) electrons. The van der Waals surface area contributed by atoms with Crippen LogP contribution in [-0.4, -0.2) is 39.0 Å². The number of hydrogen-bond acceptors (Lipinski definition) is 4. The van der Waals surface area contributed by atoms with Crippen LogP contribution in [0, 0.1) is 0 Å². The Kier molecular flexibility index (Phi) is 5.73. The van der Waals surface area contributed by atoms with Gasteiger partial charge in [0.1, 0.15) is 0 Å². The van der Waals surface area contributed by atoms with E-state index in [0.717, 1.165) is 6.07 Å². The van der Waals surface area contributed by atoms with Crippen LogP contribution in [0.1, 0.15) is 11.1 Å². The lowest BCUT2D eigenvalue weighted by Crippen LogP contribution is -2.40. The van der Waals surface area contributed by atoms with E-state index in [2.05, 4.69) is 5.32 Å². The monoisotopic (exact) mass is 400 g/mol. The lowest BCUT2D eigenvalue weighted by molar-refractivity contribution is -0.138. The maximum Gasteiger partial charge on any atom is 0.416 e. The molecule has 0 saturated carbocycles. The van der Waals surface area contributed by atoms with E-state index in [1.54, 1.807) is 12.1 Å². The first-order valence-corrected chi connectivity index (χ1v) is 9.79. The second kappa shape index (κ2) is 7.87. The molecule has 1 heterocycles. The fraction of sp³-hybridized carbons (Fsp3) is 0.333. The van der Waals surface area contributed by atoms with Crippen molar-refractivity contribution in [2.45, 2.75) is 17.6 Å². The molecule has 5 nitrogen and oxygen atoms in total. The number of alkyl halides is 3. The average molecular weight is 400 g/mol. The number of sulfonamides is 1. The first-order valence-electron chi connectivity index (χ1n) is 8.35. The van der Waals surface area contributed by atoms with E-state index in [-0.39, 0.29) is 30.1 Å². The molecule has 0 amide bonds. The summed E-state index contributed by atoms with van der Waals surface area (Å²) in [5, 5.41) is 2.88. The molecule has 0 aromatic heterocycles. The summed E-state index contributed by atoms with van der Waals surface area (Å²) >= 11 is 0. The molecule has 27 heavy (non-hydrogen) atoms. The summed E-state index contributed by atoms with van der Waals surface area (Å²) in [7, 11) is -3.67. The molecule has 1 aliphatic heterocycles. The van der Waals surface area contributed by atoms with E-state index in [0.29, 0.717) is 18.9 Å². The minimum absolute atomic E-state index is 0.0727. The van der Waals surface area contributed by atoms with Crippen molar-refractivity contribution >= 4 is 15.7 Å². The van der Waals surface area contributed by atoms with Gasteiger partial charge >= 0.3 is 6.18 Å². The highest BCUT2D eigenvalue weighted by molar-refractivity contribution is 7.89. The minimum Gasteiger partial charge on any atom is -0.381 e. The van der Waals surface area contributed by atoms with Gasteiger partial charge in [-0.3, -0.25) is 0 Å². The lowest BCUT2D eigenvalue weighted by Gasteiger charge is -2.26. The number of anilines is 1. The largest absolute Gasteiger partial charge is 0.416 e. The summed E-state index contributed by atoms with van der Waals surface area (Å²) in [5.41, 5.74) is -0.192. The predicted octanol–water partition coefficient (Wildman–Crippen LogP) is 3.34. The molecule has 0 aliphatic carbocycles. The molecule has 1 N–H and O–H groups in total. The maximum atomic E-state index is 13.1. The van der Waals surface area contributed by atoms with E-state index in [1.807, 2.05) is 0 Å². The lowest BCUT2D eigenvalue weighted by atomic mass is 10.1. The average Bonchev–Trinajstić information content (AvgIpc) is 2.67. The quantitative estimate of drug-likeness (QED) is 0.837. The standard InChI is InChI=1S/C18H19F3N2O3S/c19-18(20,21)17-7-2-1-4-14(17)13-22-15-5-3-6-16(12-15)27(24,25)23-8-10-26-11-9-23/h1-7,12,22H,8-11,13H2. The third-order valence-corrected chi connectivity index (χ3v) is 6.14. The third-order valence-electron chi connectivity index (χ3n) is 4.25. The number of nitrogens with one attached hydrogen (secondary N) is 1. The number of morpholine rings is 1. The van der Waals surface area contributed by atoms with E-state index in [1.165, 1.54) is 34.6 Å². The summed E-state index contributed by atoms with van der Waals surface area (Å²) < 4.78 is 71.1. The topological polar surface area (TPSA) is 58.6 Å². The summed E-state index contributed by atoms with van der Waals surface area (Å²) in [4.78, 5) is 0.0958. The highest BCUT2D eigenvalue weighted by Gasteiger charge is 2.32. The van der Waals surface area contributed by atoms with Crippen molar-refractivity contribution < 1.29 is 26.3 Å². The van der Waals surface area contributed by atoms with Crippen LogP contribution in [0.15, 0.2) is 53.4 Å². The van der Waals surface area contributed by atoms with Crippen LogP contribution in [0.3, 0.4) is 0 Å². The molecule has 2 aromatic rings. The number of rotatable bonds is 5. The summed E-state index contributed by atoms with van der Waals surface area (Å²) in [6, 6.07) is 11.4. The van der Waals surface area contributed by atoms with Gasteiger partial charge in [-0.15, -0.1) is 0 Å². The maximum absolute atomic E-state index is 13.1. The van der Waals surface area contributed by atoms with Gasteiger partial charge in [0.05, 0.1) is 23.7 Å². The van der Waals surface area contributed by atoms with Crippen LogP contribution in [0.2, 0.25) is 0 Å². The third kappa shape index (κ3) is 4.60. The molecule has 1 fully saturated rings. The summed E-state index contributed by atoms with van der Waals surface area (Å²) in [5.74, 6) is 0. The SMILES string of the molecule is O=S(=O)(c1cccc(NCc2ccccc2C(F)(F)F)c1)N1CCOCC1. The molecule has 1 saturated heterocycles. The first kappa shape index (κ1) is 19.7. The van der Waals surface area contributed by atoms with Crippen LogP contribution in [0.25, 0.3) is 0 Å². The van der Waals surface area contributed by atoms with Crippen molar-refractivity contribution in [1.29, 1.82) is 0 Å². The van der Waals surface area contributed by atoms with Crippen LogP contribution >= 0.6 is 0 Å². The Labute approximate surface area is 155 Å². The number of ether oxygens (including phenoxy) is 1. The van der Waals surface area contributed by atoms with Gasteiger partial charge in [-0.1, -0.05) is 24.3 Å². The van der Waals surface area contributed by atoms with E-state index in [9.17, 15) is 21.6 Å². The van der Waals surface area contributed by atoms with Crippen molar-refractivity contribution in [1.82, 2.24) is 4.31 Å². The van der Waals surface area contributed by atoms with Crippen LogP contribution in [0.4, 0.5) is 18.9 Å². The molecule has 9 heteroatoms. The van der Waals surface area contributed by atoms with Gasteiger partial charge in [0.25, 0.3) is 0 Å². The van der Waals surface area contributed by atoms with Crippen molar-refractivity contribution in [3.8, 4) is 0 Å². The van der Waals surface area contributed by atoms with Gasteiger partial charge < -0.3 is 10.1 Å². The van der Waals surface area contributed by atoms with Crippen LogP contribution < -0.4 is 5.32 Å². The number of halogens is 3. The Hall–Kier alpha value is -2.10. The minimum atomic E-state index is -4.44. The summed E-state index contributed by atoms with van der Waals surface area (Å²) in [6.45, 7) is 1.16. The van der Waals surface area contributed by atoms with E-state index in [4.69, 9.17) is 4.74 Å². The smallest absolute Gasteiger partial charge is 0.381 e. The number of benzene rings is 2. The fourth-order valence-corrected chi connectivity index (χ4v) is 4.31. The molecule has 0 unspecified atom stereocenters. The van der Waals surface area contributed by atoms with Crippen LogP contribution in [0.5, 0.6) is 0 Å². The van der Waals surface area contributed by atoms with Gasteiger partial charge in [0, 0.05) is 25.3 Å². The highest BCUT2D eigenvalue weighted by atomic mass is 32.2. The molecule has 3 rings (SSSR count). The molecule has 0 bridgehead atoms. The fourth-order valence-electron chi connectivity index (χ4n) is 2.85. The zero-order valence-electron chi connectivity index (χ0n) is 14.4. The Morgan fingerprint density at radius 1 is 1.04 bits per heavy atom. The molecule has 1 aliphatic rings. The normalized spacial score (nSPS) is 16.3. The van der Waals surface area contributed by atoms with E-state index < -0.39 is 21.8 Å². The molecular weight excluding hydrogens is 381 g/mol. The Balaban J connectivity index is 1.78. The van der Waals surface area contributed by atoms with Gasteiger partial charge in [0.2, 0.25) is 10.0 Å². The van der Waals surface area contributed by atoms with Crippen molar-refractivity contribution in [3.05, 3.63) is 59.7 Å². The van der Waals surface area contributed by atoms with Gasteiger partial charge in [0.15, 0.2) is 0 Å². The second-order valence-corrected chi connectivity index (χ2v) is 7.99. The molecule has 0 atom stereocenters. The van der Waals surface area contributed by atoms with Crippen molar-refractivity contribution in [3.63, 3.8) is 0 Å². The molecule has 0 spiro atoms. The highest BCUT2D eigenvalue weighted by Crippen LogP contribution is 2.32. The zero-order chi connectivity index (χ0) is 19.5. The first-order chi connectivity index (χ1) is 12.8. The number of nitrogens with zero attached hydrogens (tertiary/aromatic N) is 1. The molecular formula is C18H19F3N2O3S. The van der Waals surface area contributed by atoms with Crippen molar-refractivity contribution in [2.75, 3.05) is 31.6 Å². The molecule has 146 valence electrons. The van der Waals surface area contributed by atoms with Gasteiger partial charge in [-0.25, -0.2) is 8.42 Å².